The Morgan fingerprint density at radius 1 is 1.17 bits per heavy atom. The maximum atomic E-state index is 13.6. The van der Waals surface area contributed by atoms with Crippen molar-refractivity contribution in [2.45, 2.75) is 52.5 Å². The van der Waals surface area contributed by atoms with E-state index in [2.05, 4.69) is 35.7 Å². The Morgan fingerprint density at radius 2 is 1.91 bits per heavy atom. The highest BCUT2D eigenvalue weighted by Crippen LogP contribution is 2.37. The van der Waals surface area contributed by atoms with Crippen LogP contribution in [0.1, 0.15) is 58.3 Å². The van der Waals surface area contributed by atoms with Gasteiger partial charge in [-0.3, -0.25) is 0 Å². The average Bonchev–Trinajstić information content (AvgIpc) is 3.15. The maximum absolute atomic E-state index is 13.6. The van der Waals surface area contributed by atoms with Crippen molar-refractivity contribution in [1.82, 2.24) is 19.5 Å². The van der Waals surface area contributed by atoms with Crippen LogP contribution in [0.3, 0.4) is 0 Å². The number of nitrogens with zero attached hydrogens (tertiary/aromatic N) is 3. The van der Waals surface area contributed by atoms with Crippen LogP contribution in [0.25, 0.3) is 22.1 Å². The summed E-state index contributed by atoms with van der Waals surface area (Å²) in [4.78, 5) is 11.5. The predicted octanol–water partition coefficient (Wildman–Crippen LogP) is 5.24. The molecule has 0 aromatic carbocycles. The third kappa shape index (κ3) is 2.50. The Morgan fingerprint density at radius 3 is 2.52 bits per heavy atom. The molecule has 6 heteroatoms. The van der Waals surface area contributed by atoms with Crippen molar-refractivity contribution in [3.05, 3.63) is 24.3 Å². The molecule has 3 aromatic heterocycles. The van der Waals surface area contributed by atoms with Gasteiger partial charge in [-0.15, -0.1) is 0 Å². The number of imidazole rings is 1. The molecule has 1 N–H and O–H groups in total. The molecule has 23 heavy (non-hydrogen) atoms. The molecule has 3 rings (SSSR count). The van der Waals surface area contributed by atoms with Gasteiger partial charge in [-0.05, 0) is 18.4 Å². The molecule has 124 valence electrons. The lowest BCUT2D eigenvalue weighted by Gasteiger charge is -2.28. The second kappa shape index (κ2) is 6.26. The standard InChI is InChI=1S/C17H22F2N4/c1-4-10(5-2)13(6-3)23-14-11-7-8-20-16(11)21-9-12(14)22-17(23)15(18)19/h7-10,13,15H,4-6H2,1-3H3,(H,20,21)/t13-/m0/s1. The smallest absolute Gasteiger partial charge is 0.295 e. The molecule has 0 saturated heterocycles. The van der Waals surface area contributed by atoms with E-state index >= 15 is 0 Å². The molecule has 0 spiro atoms. The molecule has 0 fully saturated rings. The molecular formula is C17H22F2N4. The first-order valence-corrected chi connectivity index (χ1v) is 8.24. The zero-order chi connectivity index (χ0) is 16.6. The van der Waals surface area contributed by atoms with Crippen molar-refractivity contribution < 1.29 is 8.78 Å². The highest BCUT2D eigenvalue weighted by molar-refractivity contribution is 6.01. The third-order valence-electron chi connectivity index (χ3n) is 4.80. The zero-order valence-corrected chi connectivity index (χ0v) is 13.7. The largest absolute Gasteiger partial charge is 0.346 e. The quantitative estimate of drug-likeness (QED) is 0.675. The van der Waals surface area contributed by atoms with Crippen molar-refractivity contribution in [1.29, 1.82) is 0 Å². The Hall–Kier alpha value is -1.98. The first kappa shape index (κ1) is 15.9. The number of hydrogen-bond acceptors (Lipinski definition) is 2. The molecule has 0 bridgehead atoms. The Balaban J connectivity index is 2.34. The van der Waals surface area contributed by atoms with Crippen LogP contribution in [0.2, 0.25) is 0 Å². The van der Waals surface area contributed by atoms with Crippen LogP contribution in [-0.2, 0) is 0 Å². The SMILES string of the molecule is CCC(CC)[C@H](CC)n1c(C(F)F)nc2cnc3[nH]ccc3c21. The molecule has 4 nitrogen and oxygen atoms in total. The minimum atomic E-state index is -2.60. The summed E-state index contributed by atoms with van der Waals surface area (Å²) in [5.41, 5.74) is 2.01. The molecule has 0 amide bonds. The van der Waals surface area contributed by atoms with E-state index in [9.17, 15) is 8.78 Å². The molecule has 1 atom stereocenters. The van der Waals surface area contributed by atoms with Gasteiger partial charge in [0.25, 0.3) is 6.43 Å². The van der Waals surface area contributed by atoms with E-state index in [0.29, 0.717) is 17.1 Å². The number of nitrogens with one attached hydrogen (secondary N) is 1. The number of pyridine rings is 1. The fourth-order valence-corrected chi connectivity index (χ4v) is 3.66. The van der Waals surface area contributed by atoms with Crippen molar-refractivity contribution in [2.75, 3.05) is 0 Å². The van der Waals surface area contributed by atoms with Crippen LogP contribution in [-0.4, -0.2) is 19.5 Å². The summed E-state index contributed by atoms with van der Waals surface area (Å²) in [6.07, 6.45) is 3.48. The topological polar surface area (TPSA) is 46.5 Å². The minimum Gasteiger partial charge on any atom is -0.346 e. The van der Waals surface area contributed by atoms with Gasteiger partial charge >= 0.3 is 0 Å². The Bertz CT molecular complexity index is 801. The number of rotatable bonds is 6. The highest BCUT2D eigenvalue weighted by atomic mass is 19.3. The molecule has 3 heterocycles. The van der Waals surface area contributed by atoms with Gasteiger partial charge in [0.15, 0.2) is 5.82 Å². The summed E-state index contributed by atoms with van der Waals surface area (Å²) in [7, 11) is 0. The third-order valence-corrected chi connectivity index (χ3v) is 4.80. The fraction of sp³-hybridized carbons (Fsp3) is 0.529. The lowest BCUT2D eigenvalue weighted by Crippen LogP contribution is -2.20. The van der Waals surface area contributed by atoms with E-state index in [4.69, 9.17) is 0 Å². The molecule has 0 aliphatic rings. The van der Waals surface area contributed by atoms with Crippen molar-refractivity contribution in [3.63, 3.8) is 0 Å². The molecular weight excluding hydrogens is 298 g/mol. The maximum Gasteiger partial charge on any atom is 0.295 e. The molecule has 3 aromatic rings. The zero-order valence-electron chi connectivity index (χ0n) is 13.7. The number of halogens is 2. The van der Waals surface area contributed by atoms with Gasteiger partial charge in [0, 0.05) is 17.6 Å². The molecule has 0 saturated carbocycles. The van der Waals surface area contributed by atoms with E-state index < -0.39 is 6.43 Å². The Kier molecular flexibility index (Phi) is 4.33. The van der Waals surface area contributed by atoms with Crippen molar-refractivity contribution in [3.8, 4) is 0 Å². The monoisotopic (exact) mass is 320 g/mol. The minimum absolute atomic E-state index is 0.0134. The van der Waals surface area contributed by atoms with Crippen LogP contribution < -0.4 is 0 Å². The van der Waals surface area contributed by atoms with E-state index in [-0.39, 0.29) is 11.9 Å². The average molecular weight is 320 g/mol. The van der Waals surface area contributed by atoms with Crippen LogP contribution in [0.15, 0.2) is 18.5 Å². The van der Waals surface area contributed by atoms with Gasteiger partial charge in [0.05, 0.1) is 11.7 Å². The van der Waals surface area contributed by atoms with Crippen LogP contribution in [0.4, 0.5) is 8.78 Å². The van der Waals surface area contributed by atoms with E-state index in [1.165, 1.54) is 0 Å². The predicted molar refractivity (Wildman–Crippen MR) is 87.7 cm³/mol. The van der Waals surface area contributed by atoms with Gasteiger partial charge in [-0.2, -0.15) is 0 Å². The molecule has 0 aliphatic heterocycles. The summed E-state index contributed by atoms with van der Waals surface area (Å²) in [5.74, 6) is 0.200. The van der Waals surface area contributed by atoms with Crippen LogP contribution >= 0.6 is 0 Å². The van der Waals surface area contributed by atoms with Gasteiger partial charge < -0.3 is 9.55 Å². The summed E-state index contributed by atoms with van der Waals surface area (Å²) >= 11 is 0. The van der Waals surface area contributed by atoms with Crippen molar-refractivity contribution in [2.24, 2.45) is 5.92 Å². The Labute approximate surface area is 133 Å². The normalized spacial score (nSPS) is 13.7. The fourth-order valence-electron chi connectivity index (χ4n) is 3.66. The lowest BCUT2D eigenvalue weighted by atomic mass is 9.91. The molecule has 0 radical (unpaired) electrons. The van der Waals surface area contributed by atoms with E-state index in [1.54, 1.807) is 17.0 Å². The number of alkyl halides is 2. The highest BCUT2D eigenvalue weighted by Gasteiger charge is 2.28. The van der Waals surface area contributed by atoms with Gasteiger partial charge in [-0.1, -0.05) is 33.6 Å². The number of fused-ring (bicyclic) bond motifs is 3. The van der Waals surface area contributed by atoms with Crippen LogP contribution in [0.5, 0.6) is 0 Å². The lowest BCUT2D eigenvalue weighted by molar-refractivity contribution is 0.129. The van der Waals surface area contributed by atoms with Crippen molar-refractivity contribution >= 4 is 22.1 Å². The number of hydrogen-bond donors (Lipinski definition) is 1. The second-order valence-electron chi connectivity index (χ2n) is 5.92. The van der Waals surface area contributed by atoms with Gasteiger partial charge in [0.2, 0.25) is 0 Å². The van der Waals surface area contributed by atoms with Gasteiger partial charge in [0.1, 0.15) is 11.2 Å². The summed E-state index contributed by atoms with van der Waals surface area (Å²) in [6.45, 7) is 6.29. The first-order chi connectivity index (χ1) is 11.1. The number of aromatic nitrogens is 4. The van der Waals surface area contributed by atoms with Crippen LogP contribution in [0, 0.1) is 5.92 Å². The number of H-pyrrole nitrogens is 1. The summed E-state index contributed by atoms with van der Waals surface area (Å²) < 4.78 is 29.1. The second-order valence-corrected chi connectivity index (χ2v) is 5.92. The van der Waals surface area contributed by atoms with E-state index in [1.807, 2.05) is 6.07 Å². The van der Waals surface area contributed by atoms with E-state index in [0.717, 1.165) is 30.2 Å². The first-order valence-electron chi connectivity index (χ1n) is 8.24. The van der Waals surface area contributed by atoms with Gasteiger partial charge in [-0.25, -0.2) is 18.7 Å². The molecule has 0 aliphatic carbocycles. The summed E-state index contributed by atoms with van der Waals surface area (Å²) in [6, 6.07) is 1.90. The summed E-state index contributed by atoms with van der Waals surface area (Å²) in [5, 5.41) is 0.853. The molecule has 0 unspecified atom stereocenters. The number of aromatic amines is 1.